The summed E-state index contributed by atoms with van der Waals surface area (Å²) in [5.74, 6) is -15.8. The topological polar surface area (TPSA) is 523 Å². The lowest BCUT2D eigenvalue weighted by Crippen LogP contribution is -2.81. The van der Waals surface area contributed by atoms with E-state index in [1.165, 1.54) is 19.1 Å². The first-order valence-electron chi connectivity index (χ1n) is 32.6. The summed E-state index contributed by atoms with van der Waals surface area (Å²) in [6, 6.07) is -0.454. The van der Waals surface area contributed by atoms with Gasteiger partial charge in [0.2, 0.25) is 53.4 Å². The number of benzene rings is 5. The molecule has 21 N–H and O–H groups in total. The third kappa shape index (κ3) is 16.3. The fraction of sp³-hybridized carbons (Fsp3) is 0.441. The minimum Gasteiger partial charge on any atom is -0.508 e. The number of primary amides is 1. The average molecular weight is 1480 g/mol. The van der Waals surface area contributed by atoms with E-state index in [0.717, 1.165) is 66.7 Å². The van der Waals surface area contributed by atoms with Gasteiger partial charge in [-0.05, 0) is 117 Å². The number of hydrogen-bond acceptors (Lipinski definition) is 24. The number of phenols is 3. The number of likely N-dealkylation sites (N-methyl/N-ethyl adjacent to an activating group) is 1. The summed E-state index contributed by atoms with van der Waals surface area (Å²) in [7, 11) is 1.65. The highest BCUT2D eigenvalue weighted by Crippen LogP contribution is 2.50. The molecule has 2 saturated heterocycles. The molecular formula is C68H80Cl2N9O24+. The number of nitrogens with two attached hydrogens (primary N) is 1. The van der Waals surface area contributed by atoms with E-state index in [9.17, 15) is 75.0 Å². The van der Waals surface area contributed by atoms with Gasteiger partial charge < -0.3 is 123 Å². The van der Waals surface area contributed by atoms with Crippen molar-refractivity contribution in [1.29, 1.82) is 0 Å². The van der Waals surface area contributed by atoms with Crippen molar-refractivity contribution in [2.24, 2.45) is 11.7 Å². The molecule has 2 fully saturated rings. The predicted molar refractivity (Wildman–Crippen MR) is 357 cm³/mol. The number of carbonyl (C=O) groups is 8. The van der Waals surface area contributed by atoms with Crippen molar-refractivity contribution in [1.82, 2.24) is 36.8 Å². The molecule has 12 rings (SSSR count). The maximum Gasteiger partial charge on any atom is 0.330 e. The molecular weight excluding hydrogens is 1400 g/mol. The molecule has 5 aromatic carbocycles. The first-order valence-corrected chi connectivity index (χ1v) is 33.4. The van der Waals surface area contributed by atoms with Crippen LogP contribution >= 0.6 is 23.2 Å². The van der Waals surface area contributed by atoms with E-state index in [4.69, 9.17) is 57.4 Å². The zero-order chi connectivity index (χ0) is 75.1. The fourth-order valence-electron chi connectivity index (χ4n) is 12.9. The smallest absolute Gasteiger partial charge is 0.330 e. The minimum atomic E-state index is -2.34. The number of nitrogens with one attached hydrogen (secondary N) is 6. The van der Waals surface area contributed by atoms with Gasteiger partial charge in [0, 0.05) is 22.8 Å². The van der Waals surface area contributed by atoms with Crippen LogP contribution in [0.15, 0.2) is 78.9 Å². The van der Waals surface area contributed by atoms with Crippen LogP contribution in [0.3, 0.4) is 0 Å². The van der Waals surface area contributed by atoms with E-state index >= 15 is 14.4 Å². The number of aliphatic hydroxyl groups is 6. The van der Waals surface area contributed by atoms with Crippen LogP contribution in [-0.2, 0) is 52.6 Å². The predicted octanol–water partition coefficient (Wildman–Crippen LogP) is 0.122. The van der Waals surface area contributed by atoms with Gasteiger partial charge in [-0.2, -0.15) is 0 Å². The van der Waals surface area contributed by atoms with E-state index in [0.29, 0.717) is 6.54 Å². The molecule has 554 valence electrons. The Hall–Kier alpha value is -9.20. The summed E-state index contributed by atoms with van der Waals surface area (Å²) in [6.07, 6.45) is -18.1. The fourth-order valence-corrected chi connectivity index (χ4v) is 13.3. The van der Waals surface area contributed by atoms with Gasteiger partial charge in [-0.25, -0.2) is 4.79 Å². The number of rotatable bonds is 14. The van der Waals surface area contributed by atoms with Gasteiger partial charge >= 0.3 is 5.97 Å². The molecule has 8 unspecified atom stereocenters. The number of aliphatic hydroxyl groups excluding tert-OH is 6. The SMILES string of the molecule is CCN(C)[C@H](CC(C)C)C(=O)N[C@H]1C(=O)N[C@@H](CC(N)=O)C(=O)N[C@H]2C(=O)N[C@H]3C(=O)N[C@H](C(=O)N[C@H](C(=O)O)c4cc(O)cc(O)c4-c4cc3ccc4O)[C@H](O)c3ccc(c(Cl)c3)Oc3cc2cc(c3OC2OC(CO)C(O)C(O)C2OC2C[C@](C)([NH3+])C(O)C(C)O2)Oc2ccc(cc2Cl)[C@H]1O. The molecule has 7 aliphatic heterocycles. The Kier molecular flexibility index (Phi) is 23.0. The number of aromatic hydroxyl groups is 3. The molecule has 103 heavy (non-hydrogen) atoms. The van der Waals surface area contributed by atoms with Gasteiger partial charge in [-0.1, -0.05) is 62.2 Å². The normalized spacial score (nSPS) is 29.2. The van der Waals surface area contributed by atoms with Gasteiger partial charge in [-0.15, -0.1) is 0 Å². The van der Waals surface area contributed by atoms with E-state index < -0.39 is 231 Å². The van der Waals surface area contributed by atoms with Crippen molar-refractivity contribution < 1.29 is 124 Å². The molecule has 7 heterocycles. The second kappa shape index (κ2) is 31.0. The molecule has 7 aliphatic rings. The number of carboxylic acid groups (broad SMARTS) is 1. The minimum absolute atomic E-state index is 0.0894. The number of aliphatic carboxylic acids is 1. The Morgan fingerprint density at radius 3 is 1.92 bits per heavy atom. The molecule has 35 heteroatoms. The number of fused-ring (bicyclic) bond motifs is 15. The van der Waals surface area contributed by atoms with Gasteiger partial charge in [-0.3, -0.25) is 38.5 Å². The molecule has 0 radical (unpaired) electrons. The summed E-state index contributed by atoms with van der Waals surface area (Å²) >= 11 is 14.2. The van der Waals surface area contributed by atoms with Crippen molar-refractivity contribution in [3.8, 4) is 57.1 Å². The Morgan fingerprint density at radius 1 is 0.738 bits per heavy atom. The number of nitrogens with zero attached hydrogens (tertiary/aromatic N) is 1. The van der Waals surface area contributed by atoms with Gasteiger partial charge in [0.05, 0.1) is 41.6 Å². The Labute approximate surface area is 597 Å². The number of phenolic OH excluding ortho intramolecular Hbond substituents is 3. The molecule has 0 aliphatic carbocycles. The highest BCUT2D eigenvalue weighted by molar-refractivity contribution is 6.32. The van der Waals surface area contributed by atoms with Crippen molar-refractivity contribution in [2.75, 3.05) is 20.2 Å². The van der Waals surface area contributed by atoms with Crippen molar-refractivity contribution in [3.05, 3.63) is 117 Å². The lowest BCUT2D eigenvalue weighted by molar-refractivity contribution is -0.518. The standard InChI is InChI=1S/C68H79Cl2N9O24/c1-7-79(6)37(14-25(2)3)61(91)77-51-53(85)28-9-12-40(34(69)16-28)99-42-18-30-19-43(57(42)103-67-58(56(88)55(87)44(24-80)101-67)102-46-23-68(5,72)59(89)26(4)98-46)100-41-13-10-29(17-35(41)70)54(86)52-65(95)76-50(66(96)97)33-20-31(81)21-39(83)47(33)32-15-27(8-11-38(32)82)48(62(92)78-52)75-63(93)49(30)74-60(90)36(22-45(71)84)73-64(51)94/h8-13,15-21,25-26,36-37,44,46,48-56,58-59,67,80-83,85-89H,7,14,22-24,72H2,1-6H3,(H2,71,84)(H,73,94)(H,74,90)(H,75,93)(H,76,95)(H,77,91)(H,78,92)(H,96,97)/p+1/t26?,36-,37+,44?,46?,48+,49+,50-,51+,52-,53+,54+,55?,56?,58?,59?,67?,68-/m0/s1. The van der Waals surface area contributed by atoms with Crippen LogP contribution < -0.4 is 57.6 Å². The van der Waals surface area contributed by atoms with Crippen LogP contribution in [0.2, 0.25) is 10.0 Å². The Balaban J connectivity index is 1.24. The molecule has 5 aromatic rings. The molecule has 7 amide bonds. The van der Waals surface area contributed by atoms with E-state index in [2.05, 4.69) is 37.6 Å². The van der Waals surface area contributed by atoms with Crippen LogP contribution in [0.1, 0.15) is 112 Å². The zero-order valence-corrected chi connectivity index (χ0v) is 57.6. The summed E-state index contributed by atoms with van der Waals surface area (Å²) < 4.78 is 38.5. The highest BCUT2D eigenvalue weighted by Gasteiger charge is 2.52. The lowest BCUT2D eigenvalue weighted by atomic mass is 9.86. The first kappa shape index (κ1) is 76.4. The van der Waals surface area contributed by atoms with Gasteiger partial charge in [0.1, 0.15) is 101 Å². The summed E-state index contributed by atoms with van der Waals surface area (Å²) in [5.41, 5.74) is 5.95. The third-order valence-corrected chi connectivity index (χ3v) is 19.1. The number of quaternary nitrogens is 1. The van der Waals surface area contributed by atoms with E-state index in [-0.39, 0.29) is 52.0 Å². The lowest BCUT2D eigenvalue weighted by Gasteiger charge is -2.45. The van der Waals surface area contributed by atoms with Crippen LogP contribution in [0.25, 0.3) is 11.1 Å². The third-order valence-electron chi connectivity index (χ3n) is 18.5. The Bertz CT molecular complexity index is 4130. The quantitative estimate of drug-likeness (QED) is 0.0702. The van der Waals surface area contributed by atoms with Crippen molar-refractivity contribution >= 4 is 70.5 Å². The van der Waals surface area contributed by atoms with E-state index in [1.807, 2.05) is 13.8 Å². The number of halogens is 2. The molecule has 18 atom stereocenters. The van der Waals surface area contributed by atoms with Gasteiger partial charge in [0.15, 0.2) is 29.9 Å². The molecule has 11 bridgehead atoms. The van der Waals surface area contributed by atoms with Crippen molar-refractivity contribution in [2.45, 2.75) is 163 Å². The number of carbonyl (C=O) groups excluding carboxylic acids is 7. The highest BCUT2D eigenvalue weighted by atomic mass is 35.5. The summed E-state index contributed by atoms with van der Waals surface area (Å²) in [6.45, 7) is 8.02. The Morgan fingerprint density at radius 2 is 1.34 bits per heavy atom. The summed E-state index contributed by atoms with van der Waals surface area (Å²) in [4.78, 5) is 119. The number of hydrogen-bond donors (Lipinski definition) is 18. The van der Waals surface area contributed by atoms with Gasteiger partial charge in [0.25, 0.3) is 0 Å². The van der Waals surface area contributed by atoms with Crippen LogP contribution in [0.4, 0.5) is 0 Å². The number of ether oxygens (including phenoxy) is 6. The maximum absolute atomic E-state index is 16.1. The largest absolute Gasteiger partial charge is 0.508 e. The molecule has 0 aromatic heterocycles. The number of amides is 7. The zero-order valence-electron chi connectivity index (χ0n) is 56.1. The van der Waals surface area contributed by atoms with Crippen LogP contribution in [0, 0.1) is 5.92 Å². The average Bonchev–Trinajstić information content (AvgIpc) is 0.769. The molecule has 33 nitrogen and oxygen atoms in total. The number of carboxylic acids is 1. The first-order chi connectivity index (χ1) is 48.6. The molecule has 0 spiro atoms. The summed E-state index contributed by atoms with van der Waals surface area (Å²) in [5, 5.41) is 128. The van der Waals surface area contributed by atoms with Crippen LogP contribution in [-0.4, -0.2) is 202 Å². The maximum atomic E-state index is 16.1. The molecule has 0 saturated carbocycles. The van der Waals surface area contributed by atoms with Crippen LogP contribution in [0.5, 0.6) is 46.0 Å². The second-order valence-corrected chi connectivity index (χ2v) is 27.4. The van der Waals surface area contributed by atoms with E-state index in [1.54, 1.807) is 25.8 Å². The monoisotopic (exact) mass is 1480 g/mol. The second-order valence-electron chi connectivity index (χ2n) is 26.6. The van der Waals surface area contributed by atoms with Crippen molar-refractivity contribution in [3.63, 3.8) is 0 Å².